The van der Waals surface area contributed by atoms with Gasteiger partial charge >= 0.3 is 0 Å². The van der Waals surface area contributed by atoms with Crippen LogP contribution in [0.4, 0.5) is 0 Å². The highest BCUT2D eigenvalue weighted by molar-refractivity contribution is 6.52. The van der Waals surface area contributed by atoms with Gasteiger partial charge in [-0.2, -0.15) is 0 Å². The second-order valence-electron chi connectivity index (χ2n) is 5.60. The molecule has 0 aliphatic heterocycles. The van der Waals surface area contributed by atoms with Crippen molar-refractivity contribution in [3.63, 3.8) is 0 Å². The Morgan fingerprint density at radius 1 is 0.792 bits per heavy atom. The Morgan fingerprint density at radius 3 is 2.08 bits per heavy atom. The van der Waals surface area contributed by atoms with Gasteiger partial charge in [-0.1, -0.05) is 42.5 Å². The summed E-state index contributed by atoms with van der Waals surface area (Å²) in [5.74, 6) is -1.35. The molecule has 5 nitrogen and oxygen atoms in total. The number of hydrogen-bond donors (Lipinski definition) is 0. The van der Waals surface area contributed by atoms with Crippen LogP contribution in [0.1, 0.15) is 27.6 Å². The smallest absolute Gasteiger partial charge is 0.279 e. The number of ketones is 2. The van der Waals surface area contributed by atoms with Gasteiger partial charge in [0.1, 0.15) is 5.56 Å². The lowest BCUT2D eigenvalue weighted by atomic mass is 9.88. The van der Waals surface area contributed by atoms with Gasteiger partial charge in [0, 0.05) is 17.7 Å². The third-order valence-electron chi connectivity index (χ3n) is 4.30. The van der Waals surface area contributed by atoms with Gasteiger partial charge in [-0.25, -0.2) is 9.36 Å². The van der Waals surface area contributed by atoms with Crippen LogP contribution in [0.2, 0.25) is 0 Å². The van der Waals surface area contributed by atoms with Crippen molar-refractivity contribution in [2.24, 2.45) is 0 Å². The lowest BCUT2D eigenvalue weighted by molar-refractivity contribution is 0.0814. The number of aromatic nitrogens is 2. The molecule has 1 aliphatic carbocycles. The molecule has 3 aromatic rings. The summed E-state index contributed by atoms with van der Waals surface area (Å²) >= 11 is 0. The Bertz CT molecular complexity index is 1040. The van der Waals surface area contributed by atoms with Gasteiger partial charge in [-0.3, -0.25) is 14.4 Å². The number of rotatable bonds is 2. The molecule has 0 fully saturated rings. The second-order valence-corrected chi connectivity index (χ2v) is 5.60. The number of Topliss-reactive ketones (excluding diaryl/α,β-unsaturated/α-hetero) is 2. The molecule has 0 bridgehead atoms. The SMILES string of the molecule is CCn1c(=O)c2c(n1-c1ccccc1)-c1ccccc1C(=O)C2=O. The van der Waals surface area contributed by atoms with E-state index in [-0.39, 0.29) is 5.56 Å². The first kappa shape index (κ1) is 14.4. The predicted octanol–water partition coefficient (Wildman–Crippen LogP) is 2.70. The zero-order valence-electron chi connectivity index (χ0n) is 13.0. The minimum Gasteiger partial charge on any atom is -0.285 e. The van der Waals surface area contributed by atoms with Gasteiger partial charge in [0.15, 0.2) is 0 Å². The molecule has 0 radical (unpaired) electrons. The second kappa shape index (κ2) is 5.16. The largest absolute Gasteiger partial charge is 0.285 e. The summed E-state index contributed by atoms with van der Waals surface area (Å²) in [6.07, 6.45) is 0. The Hall–Kier alpha value is -3.21. The molecule has 0 saturated heterocycles. The van der Waals surface area contributed by atoms with E-state index in [0.717, 1.165) is 5.69 Å². The average Bonchev–Trinajstić information content (AvgIpc) is 2.93. The highest BCUT2D eigenvalue weighted by Gasteiger charge is 2.37. The number of carbonyl (C=O) groups is 2. The maximum atomic E-state index is 12.8. The van der Waals surface area contributed by atoms with Crippen LogP contribution in [-0.4, -0.2) is 20.9 Å². The Labute approximate surface area is 137 Å². The van der Waals surface area contributed by atoms with Crippen LogP contribution in [-0.2, 0) is 6.54 Å². The zero-order valence-corrected chi connectivity index (χ0v) is 13.0. The molecule has 2 aromatic carbocycles. The molecule has 0 saturated carbocycles. The maximum Gasteiger partial charge on any atom is 0.279 e. The fourth-order valence-corrected chi connectivity index (χ4v) is 3.25. The normalized spacial score (nSPS) is 12.9. The van der Waals surface area contributed by atoms with Gasteiger partial charge in [-0.15, -0.1) is 0 Å². The molecule has 1 aliphatic rings. The van der Waals surface area contributed by atoms with E-state index in [1.807, 2.05) is 37.3 Å². The monoisotopic (exact) mass is 318 g/mol. The van der Waals surface area contributed by atoms with E-state index in [1.54, 1.807) is 28.9 Å². The van der Waals surface area contributed by atoms with Crippen LogP contribution >= 0.6 is 0 Å². The maximum absolute atomic E-state index is 12.8. The molecular formula is C19H14N2O3. The summed E-state index contributed by atoms with van der Waals surface area (Å²) in [5, 5.41) is 0. The first-order chi connectivity index (χ1) is 11.6. The van der Waals surface area contributed by atoms with Crippen molar-refractivity contribution in [1.82, 2.24) is 9.36 Å². The highest BCUT2D eigenvalue weighted by atomic mass is 16.2. The van der Waals surface area contributed by atoms with E-state index in [2.05, 4.69) is 0 Å². The summed E-state index contributed by atoms with van der Waals surface area (Å²) in [6.45, 7) is 2.23. The van der Waals surface area contributed by atoms with Gasteiger partial charge in [0.05, 0.1) is 11.4 Å². The summed E-state index contributed by atoms with van der Waals surface area (Å²) in [5.41, 5.74) is 1.76. The first-order valence-electron chi connectivity index (χ1n) is 7.74. The predicted molar refractivity (Wildman–Crippen MR) is 89.8 cm³/mol. The van der Waals surface area contributed by atoms with Crippen molar-refractivity contribution in [1.29, 1.82) is 0 Å². The van der Waals surface area contributed by atoms with Crippen molar-refractivity contribution in [3.8, 4) is 16.9 Å². The number of fused-ring (bicyclic) bond motifs is 3. The number of hydrogen-bond acceptors (Lipinski definition) is 3. The Balaban J connectivity index is 2.19. The van der Waals surface area contributed by atoms with Crippen LogP contribution in [0.25, 0.3) is 16.9 Å². The van der Waals surface area contributed by atoms with Crippen LogP contribution in [0.15, 0.2) is 59.4 Å². The van der Waals surface area contributed by atoms with Gasteiger partial charge < -0.3 is 0 Å². The van der Waals surface area contributed by atoms with E-state index < -0.39 is 17.1 Å². The molecule has 1 aromatic heterocycles. The summed E-state index contributed by atoms with van der Waals surface area (Å²) < 4.78 is 3.23. The van der Waals surface area contributed by atoms with Crippen molar-refractivity contribution in [2.45, 2.75) is 13.5 Å². The molecule has 0 unspecified atom stereocenters. The minimum atomic E-state index is -0.731. The fourth-order valence-electron chi connectivity index (χ4n) is 3.25. The molecule has 0 N–H and O–H groups in total. The number of carbonyl (C=O) groups excluding carboxylic acids is 2. The molecule has 5 heteroatoms. The lowest BCUT2D eigenvalue weighted by Gasteiger charge is -2.18. The first-order valence-corrected chi connectivity index (χ1v) is 7.74. The molecule has 0 spiro atoms. The lowest BCUT2D eigenvalue weighted by Crippen LogP contribution is -2.27. The van der Waals surface area contributed by atoms with Crippen molar-refractivity contribution >= 4 is 11.6 Å². The molecule has 0 amide bonds. The third-order valence-corrected chi connectivity index (χ3v) is 4.30. The van der Waals surface area contributed by atoms with E-state index in [4.69, 9.17) is 0 Å². The number of benzene rings is 2. The molecule has 24 heavy (non-hydrogen) atoms. The van der Waals surface area contributed by atoms with Crippen molar-refractivity contribution in [3.05, 3.63) is 76.1 Å². The fraction of sp³-hybridized carbons (Fsp3) is 0.105. The van der Waals surface area contributed by atoms with E-state index >= 15 is 0 Å². The minimum absolute atomic E-state index is 0.0376. The molecule has 118 valence electrons. The Morgan fingerprint density at radius 2 is 1.42 bits per heavy atom. The van der Waals surface area contributed by atoms with Crippen LogP contribution < -0.4 is 5.56 Å². The molecular weight excluding hydrogens is 304 g/mol. The molecule has 4 rings (SSSR count). The molecule has 0 atom stereocenters. The van der Waals surface area contributed by atoms with Crippen molar-refractivity contribution < 1.29 is 9.59 Å². The van der Waals surface area contributed by atoms with E-state index in [1.165, 1.54) is 4.68 Å². The summed E-state index contributed by atoms with van der Waals surface area (Å²) in [4.78, 5) is 37.7. The Kier molecular flexibility index (Phi) is 3.09. The van der Waals surface area contributed by atoms with Crippen LogP contribution in [0.5, 0.6) is 0 Å². The van der Waals surface area contributed by atoms with Crippen LogP contribution in [0, 0.1) is 0 Å². The standard InChI is InChI=1S/C19H14N2O3/c1-2-20-19(24)15-16(21(20)12-8-4-3-5-9-12)13-10-6-7-11-14(13)17(22)18(15)23/h3-11H,2H2,1H3. The van der Waals surface area contributed by atoms with Gasteiger partial charge in [0.2, 0.25) is 11.6 Å². The topological polar surface area (TPSA) is 61.1 Å². The van der Waals surface area contributed by atoms with Gasteiger partial charge in [-0.05, 0) is 19.1 Å². The third kappa shape index (κ3) is 1.78. The number of para-hydroxylation sites is 1. The number of nitrogens with zero attached hydrogens (tertiary/aromatic N) is 2. The highest BCUT2D eigenvalue weighted by Crippen LogP contribution is 2.33. The quantitative estimate of drug-likeness (QED) is 0.683. The van der Waals surface area contributed by atoms with E-state index in [9.17, 15) is 14.4 Å². The molecule has 1 heterocycles. The van der Waals surface area contributed by atoms with Crippen LogP contribution in [0.3, 0.4) is 0 Å². The average molecular weight is 318 g/mol. The summed E-state index contributed by atoms with van der Waals surface area (Å²) in [6, 6.07) is 16.3. The van der Waals surface area contributed by atoms with E-state index in [0.29, 0.717) is 23.4 Å². The summed E-state index contributed by atoms with van der Waals surface area (Å²) in [7, 11) is 0. The van der Waals surface area contributed by atoms with Crippen molar-refractivity contribution in [2.75, 3.05) is 0 Å². The zero-order chi connectivity index (χ0) is 16.8. The van der Waals surface area contributed by atoms with Gasteiger partial charge in [0.25, 0.3) is 5.56 Å².